The first-order chi connectivity index (χ1) is 14.6. The van der Waals surface area contributed by atoms with Gasteiger partial charge in [-0.2, -0.15) is 0 Å². The van der Waals surface area contributed by atoms with Crippen molar-refractivity contribution in [1.29, 1.82) is 0 Å². The summed E-state index contributed by atoms with van der Waals surface area (Å²) in [7, 11) is 0. The second kappa shape index (κ2) is 7.18. The highest BCUT2D eigenvalue weighted by Crippen LogP contribution is 2.35. The summed E-state index contributed by atoms with van der Waals surface area (Å²) in [6.45, 7) is 0.281. The zero-order chi connectivity index (χ0) is 20.7. The van der Waals surface area contributed by atoms with Crippen LogP contribution < -0.4 is 16.0 Å². The Labute approximate surface area is 173 Å². The number of fused-ring (bicyclic) bond motifs is 2. The lowest BCUT2D eigenvalue weighted by molar-refractivity contribution is -0.130. The first kappa shape index (κ1) is 18.2. The second-order valence-corrected chi connectivity index (χ2v) is 7.54. The zero-order valence-corrected chi connectivity index (χ0v) is 16.0. The molecule has 30 heavy (non-hydrogen) atoms. The molecule has 5 amide bonds. The number of carbonyl (C=O) groups is 3. The minimum absolute atomic E-state index is 0.281. The fourth-order valence-corrected chi connectivity index (χ4v) is 4.38. The number of nitrogens with one attached hydrogen (secondary N) is 3. The first-order valence-corrected chi connectivity index (χ1v) is 9.82. The van der Waals surface area contributed by atoms with Gasteiger partial charge in [0.15, 0.2) is 0 Å². The van der Waals surface area contributed by atoms with Gasteiger partial charge in [0.2, 0.25) is 5.91 Å². The summed E-state index contributed by atoms with van der Waals surface area (Å²) in [5.41, 5.74) is 1.76. The Morgan fingerprint density at radius 3 is 2.37 bits per heavy atom. The maximum absolute atomic E-state index is 12.9. The van der Waals surface area contributed by atoms with E-state index in [1.807, 2.05) is 72.8 Å². The van der Waals surface area contributed by atoms with Gasteiger partial charge in [-0.05, 0) is 21.9 Å². The molecular formula is C23H20N4O3. The minimum atomic E-state index is -0.746. The topological polar surface area (TPSA) is 90.5 Å². The maximum Gasteiger partial charge on any atom is 0.326 e. The molecule has 3 N–H and O–H groups in total. The van der Waals surface area contributed by atoms with Crippen molar-refractivity contribution >= 4 is 28.7 Å². The van der Waals surface area contributed by atoms with Gasteiger partial charge in [0.1, 0.15) is 12.1 Å². The lowest BCUT2D eigenvalue weighted by Crippen LogP contribution is -2.71. The van der Waals surface area contributed by atoms with Crippen LogP contribution in [0.3, 0.4) is 0 Å². The third kappa shape index (κ3) is 3.04. The van der Waals surface area contributed by atoms with Crippen molar-refractivity contribution in [1.82, 2.24) is 20.9 Å². The van der Waals surface area contributed by atoms with E-state index in [4.69, 9.17) is 0 Å². The van der Waals surface area contributed by atoms with E-state index in [9.17, 15) is 14.4 Å². The molecule has 3 unspecified atom stereocenters. The van der Waals surface area contributed by atoms with Gasteiger partial charge in [0, 0.05) is 6.54 Å². The van der Waals surface area contributed by atoms with Crippen molar-refractivity contribution in [3.63, 3.8) is 0 Å². The van der Waals surface area contributed by atoms with Gasteiger partial charge < -0.3 is 10.6 Å². The molecule has 3 aromatic rings. The standard InChI is InChI=1S/C23H20N4O3/c28-21-18-19(17-12-6-10-15-9-4-5-11-16(15)17)24-22(29)25-20(18)27(23(30)26-21)13-14-7-2-1-3-8-14/h1-12,18-20H,13H2,(H2,24,25,29)(H,26,28,30). The van der Waals surface area contributed by atoms with Crippen LogP contribution in [0.25, 0.3) is 10.8 Å². The van der Waals surface area contributed by atoms with Gasteiger partial charge in [0.05, 0.1) is 6.04 Å². The number of imide groups is 1. The average molecular weight is 400 g/mol. The maximum atomic E-state index is 12.9. The van der Waals surface area contributed by atoms with Crippen LogP contribution in [0.1, 0.15) is 17.2 Å². The Balaban J connectivity index is 1.57. The third-order valence-corrected chi connectivity index (χ3v) is 5.75. The predicted molar refractivity (Wildman–Crippen MR) is 111 cm³/mol. The highest BCUT2D eigenvalue weighted by atomic mass is 16.2. The average Bonchev–Trinajstić information content (AvgIpc) is 2.76. The van der Waals surface area contributed by atoms with Crippen molar-refractivity contribution in [3.05, 3.63) is 83.9 Å². The molecule has 2 heterocycles. The lowest BCUT2D eigenvalue weighted by Gasteiger charge is -2.46. The van der Waals surface area contributed by atoms with Crippen LogP contribution in [0.5, 0.6) is 0 Å². The SMILES string of the molecule is O=C1NC(c2cccc3ccccc23)C2C(=O)NC(=O)N(Cc3ccccc3)C2N1. The van der Waals surface area contributed by atoms with Gasteiger partial charge in [-0.25, -0.2) is 9.59 Å². The van der Waals surface area contributed by atoms with Crippen LogP contribution in [0.15, 0.2) is 72.8 Å². The highest BCUT2D eigenvalue weighted by molar-refractivity contribution is 6.01. The number of benzene rings is 3. The van der Waals surface area contributed by atoms with E-state index >= 15 is 0 Å². The molecule has 2 aliphatic heterocycles. The monoisotopic (exact) mass is 400 g/mol. The van der Waals surface area contributed by atoms with Crippen LogP contribution in [0.4, 0.5) is 9.59 Å². The second-order valence-electron chi connectivity index (χ2n) is 7.54. The number of nitrogens with zero attached hydrogens (tertiary/aromatic N) is 1. The molecule has 5 rings (SSSR count). The summed E-state index contributed by atoms with van der Waals surface area (Å²) < 4.78 is 0. The number of rotatable bonds is 3. The van der Waals surface area contributed by atoms with Crippen molar-refractivity contribution in [2.75, 3.05) is 0 Å². The fourth-order valence-electron chi connectivity index (χ4n) is 4.38. The van der Waals surface area contributed by atoms with Gasteiger partial charge in [-0.3, -0.25) is 15.0 Å². The molecule has 7 heteroatoms. The Bertz CT molecular complexity index is 1140. The molecular weight excluding hydrogens is 380 g/mol. The minimum Gasteiger partial charge on any atom is -0.330 e. The highest BCUT2D eigenvalue weighted by Gasteiger charge is 2.50. The Morgan fingerprint density at radius 1 is 0.800 bits per heavy atom. The Morgan fingerprint density at radius 2 is 1.53 bits per heavy atom. The van der Waals surface area contributed by atoms with E-state index < -0.39 is 36.1 Å². The molecule has 0 bridgehead atoms. The number of amides is 5. The molecule has 2 aliphatic rings. The molecule has 2 saturated heterocycles. The Hall–Kier alpha value is -3.87. The van der Waals surface area contributed by atoms with E-state index in [2.05, 4.69) is 16.0 Å². The van der Waals surface area contributed by atoms with E-state index in [0.717, 1.165) is 21.9 Å². The largest absolute Gasteiger partial charge is 0.330 e. The van der Waals surface area contributed by atoms with Crippen LogP contribution in [0.2, 0.25) is 0 Å². The van der Waals surface area contributed by atoms with Crippen LogP contribution in [-0.2, 0) is 11.3 Å². The molecule has 3 aromatic carbocycles. The van der Waals surface area contributed by atoms with Gasteiger partial charge in [-0.15, -0.1) is 0 Å². The molecule has 0 spiro atoms. The third-order valence-electron chi connectivity index (χ3n) is 5.75. The summed E-state index contributed by atoms with van der Waals surface area (Å²) >= 11 is 0. The lowest BCUT2D eigenvalue weighted by atomic mass is 9.84. The van der Waals surface area contributed by atoms with Crippen LogP contribution >= 0.6 is 0 Å². The molecule has 7 nitrogen and oxygen atoms in total. The quantitative estimate of drug-likeness (QED) is 0.631. The smallest absolute Gasteiger partial charge is 0.326 e. The number of urea groups is 2. The molecule has 2 fully saturated rings. The van der Waals surface area contributed by atoms with Crippen molar-refractivity contribution in [2.45, 2.75) is 18.8 Å². The molecule has 0 saturated carbocycles. The fraction of sp³-hybridized carbons (Fsp3) is 0.174. The van der Waals surface area contributed by atoms with Crippen molar-refractivity contribution in [3.8, 4) is 0 Å². The molecule has 0 aliphatic carbocycles. The summed E-state index contributed by atoms with van der Waals surface area (Å²) in [5, 5.41) is 10.1. The molecule has 0 aromatic heterocycles. The van der Waals surface area contributed by atoms with E-state index in [0.29, 0.717) is 0 Å². The Kier molecular flexibility index (Phi) is 4.35. The molecule has 3 atom stereocenters. The molecule has 150 valence electrons. The van der Waals surface area contributed by atoms with E-state index in [1.165, 1.54) is 4.90 Å². The van der Waals surface area contributed by atoms with E-state index in [1.54, 1.807) is 0 Å². The van der Waals surface area contributed by atoms with Gasteiger partial charge in [0.25, 0.3) is 0 Å². The van der Waals surface area contributed by atoms with Crippen LogP contribution in [0, 0.1) is 5.92 Å². The van der Waals surface area contributed by atoms with Crippen molar-refractivity contribution in [2.24, 2.45) is 5.92 Å². The van der Waals surface area contributed by atoms with Crippen molar-refractivity contribution < 1.29 is 14.4 Å². The summed E-state index contributed by atoms with van der Waals surface area (Å²) in [5.74, 6) is -1.07. The molecule has 0 radical (unpaired) electrons. The summed E-state index contributed by atoms with van der Waals surface area (Å²) in [4.78, 5) is 39.6. The zero-order valence-electron chi connectivity index (χ0n) is 16.0. The predicted octanol–water partition coefficient (Wildman–Crippen LogP) is 2.89. The normalized spacial score (nSPS) is 23.4. The van der Waals surface area contributed by atoms with Crippen LogP contribution in [-0.4, -0.2) is 29.0 Å². The first-order valence-electron chi connectivity index (χ1n) is 9.82. The van der Waals surface area contributed by atoms with E-state index in [-0.39, 0.29) is 6.54 Å². The summed E-state index contributed by atoms with van der Waals surface area (Å²) in [6.07, 6.45) is -0.746. The summed E-state index contributed by atoms with van der Waals surface area (Å²) in [6, 6.07) is 21.7. The number of carbonyl (C=O) groups excluding carboxylic acids is 3. The number of hydrogen-bond donors (Lipinski definition) is 3. The van der Waals surface area contributed by atoms with Gasteiger partial charge in [-0.1, -0.05) is 72.8 Å². The van der Waals surface area contributed by atoms with Gasteiger partial charge >= 0.3 is 12.1 Å². The number of hydrogen-bond acceptors (Lipinski definition) is 3.